The molecule has 3 rings (SSSR count). The summed E-state index contributed by atoms with van der Waals surface area (Å²) in [5, 5.41) is 12.4. The van der Waals surface area contributed by atoms with E-state index in [4.69, 9.17) is 17.3 Å². The minimum absolute atomic E-state index is 0.479. The van der Waals surface area contributed by atoms with Gasteiger partial charge in [0.05, 0.1) is 16.4 Å². The molecule has 0 unspecified atom stereocenters. The van der Waals surface area contributed by atoms with Crippen LogP contribution < -0.4 is 5.73 Å². The van der Waals surface area contributed by atoms with Gasteiger partial charge in [0.25, 0.3) is 0 Å². The predicted octanol–water partition coefficient (Wildman–Crippen LogP) is 3.64. The fourth-order valence-corrected chi connectivity index (χ4v) is 2.47. The molecule has 7 heteroatoms. The Labute approximate surface area is 134 Å². The van der Waals surface area contributed by atoms with Crippen molar-refractivity contribution in [1.82, 2.24) is 20.2 Å². The van der Waals surface area contributed by atoms with Crippen LogP contribution in [0.25, 0.3) is 17.1 Å². The molecule has 0 saturated heterocycles. The molecule has 0 aliphatic rings. The highest BCUT2D eigenvalue weighted by atomic mass is 79.9. The summed E-state index contributed by atoms with van der Waals surface area (Å²) in [5.74, 6) is 0.604. The zero-order chi connectivity index (χ0) is 15.0. The van der Waals surface area contributed by atoms with Gasteiger partial charge in [-0.05, 0) is 53.2 Å². The molecule has 0 spiro atoms. The van der Waals surface area contributed by atoms with Crippen molar-refractivity contribution in [1.29, 1.82) is 0 Å². The number of aryl methyl sites for hydroxylation is 1. The number of tetrazole rings is 1. The van der Waals surface area contributed by atoms with Gasteiger partial charge in [-0.1, -0.05) is 33.6 Å². The molecule has 0 atom stereocenters. The van der Waals surface area contributed by atoms with Crippen LogP contribution in [0.15, 0.2) is 40.9 Å². The molecule has 1 heterocycles. The van der Waals surface area contributed by atoms with E-state index < -0.39 is 0 Å². The number of aromatic nitrogens is 4. The Hall–Kier alpha value is -1.92. The van der Waals surface area contributed by atoms with Gasteiger partial charge in [0.2, 0.25) is 0 Å². The summed E-state index contributed by atoms with van der Waals surface area (Å²) < 4.78 is 2.66. The van der Waals surface area contributed by atoms with Crippen molar-refractivity contribution >= 4 is 33.2 Å². The van der Waals surface area contributed by atoms with Gasteiger partial charge in [-0.25, -0.2) is 0 Å². The van der Waals surface area contributed by atoms with Crippen molar-refractivity contribution in [3.8, 4) is 17.1 Å². The molecule has 0 aliphatic carbocycles. The summed E-state index contributed by atoms with van der Waals surface area (Å²) in [4.78, 5) is 0. The molecule has 3 aromatic rings. The summed E-state index contributed by atoms with van der Waals surface area (Å²) in [6.45, 7) is 2.02. The Balaban J connectivity index is 2.12. The van der Waals surface area contributed by atoms with Crippen LogP contribution in [0.2, 0.25) is 5.02 Å². The van der Waals surface area contributed by atoms with E-state index in [9.17, 15) is 0 Å². The first-order valence-electron chi connectivity index (χ1n) is 6.16. The monoisotopic (exact) mass is 363 g/mol. The molecular formula is C14H11BrClN5. The van der Waals surface area contributed by atoms with Gasteiger partial charge in [-0.2, -0.15) is 4.68 Å². The average Bonchev–Trinajstić information content (AvgIpc) is 2.94. The molecule has 2 N–H and O–H groups in total. The van der Waals surface area contributed by atoms with Gasteiger partial charge in [0.15, 0.2) is 5.82 Å². The molecule has 0 aliphatic heterocycles. The molecule has 0 amide bonds. The normalized spacial score (nSPS) is 10.8. The first kappa shape index (κ1) is 14.0. The lowest BCUT2D eigenvalue weighted by Gasteiger charge is -2.07. The number of nitrogen functional groups attached to an aromatic ring is 1. The highest BCUT2D eigenvalue weighted by Gasteiger charge is 2.12. The second-order valence-electron chi connectivity index (χ2n) is 4.58. The second-order valence-corrected chi connectivity index (χ2v) is 5.85. The molecule has 21 heavy (non-hydrogen) atoms. The maximum atomic E-state index is 6.06. The predicted molar refractivity (Wildman–Crippen MR) is 86.4 cm³/mol. The molecule has 0 bridgehead atoms. The van der Waals surface area contributed by atoms with Gasteiger partial charge >= 0.3 is 0 Å². The van der Waals surface area contributed by atoms with Crippen LogP contribution >= 0.6 is 27.5 Å². The summed E-state index contributed by atoms with van der Waals surface area (Å²) in [6, 6.07) is 11.3. The number of benzene rings is 2. The van der Waals surface area contributed by atoms with Crippen molar-refractivity contribution < 1.29 is 0 Å². The van der Waals surface area contributed by atoms with E-state index in [-0.39, 0.29) is 0 Å². The standard InChI is InChI=1S/C14H11BrClN5/c1-8-2-4-10(7-11(8)15)21-14(18-19-20-21)9-3-5-13(17)12(16)6-9/h2-7H,17H2,1H3. The Morgan fingerprint density at radius 3 is 2.71 bits per heavy atom. The van der Waals surface area contributed by atoms with E-state index in [2.05, 4.69) is 31.5 Å². The molecular weight excluding hydrogens is 354 g/mol. The number of nitrogens with zero attached hydrogens (tertiary/aromatic N) is 4. The van der Waals surface area contributed by atoms with E-state index in [1.165, 1.54) is 0 Å². The smallest absolute Gasteiger partial charge is 0.187 e. The minimum atomic E-state index is 0.479. The number of halogens is 2. The lowest BCUT2D eigenvalue weighted by Crippen LogP contribution is -2.00. The van der Waals surface area contributed by atoms with E-state index in [1.807, 2.05) is 31.2 Å². The van der Waals surface area contributed by atoms with Crippen LogP contribution in [0.5, 0.6) is 0 Å². The lowest BCUT2D eigenvalue weighted by molar-refractivity contribution is 0.790. The van der Waals surface area contributed by atoms with Crippen LogP contribution in [0.1, 0.15) is 5.56 Å². The molecule has 0 radical (unpaired) electrons. The third kappa shape index (κ3) is 2.64. The highest BCUT2D eigenvalue weighted by molar-refractivity contribution is 9.10. The van der Waals surface area contributed by atoms with Crippen LogP contribution in [-0.2, 0) is 0 Å². The fourth-order valence-electron chi connectivity index (χ4n) is 1.92. The molecule has 0 saturated carbocycles. The Morgan fingerprint density at radius 2 is 2.00 bits per heavy atom. The second kappa shape index (κ2) is 5.46. The summed E-state index contributed by atoms with van der Waals surface area (Å²) in [6.07, 6.45) is 0. The molecule has 106 valence electrons. The van der Waals surface area contributed by atoms with Crippen molar-refractivity contribution in [2.24, 2.45) is 0 Å². The lowest BCUT2D eigenvalue weighted by atomic mass is 10.2. The zero-order valence-corrected chi connectivity index (χ0v) is 13.4. The van der Waals surface area contributed by atoms with E-state index in [0.717, 1.165) is 21.3 Å². The number of hydrogen-bond acceptors (Lipinski definition) is 4. The summed E-state index contributed by atoms with van der Waals surface area (Å²) >= 11 is 9.58. The quantitative estimate of drug-likeness (QED) is 0.705. The van der Waals surface area contributed by atoms with Gasteiger partial charge in [0, 0.05) is 10.0 Å². The number of rotatable bonds is 2. The van der Waals surface area contributed by atoms with Gasteiger partial charge in [-0.3, -0.25) is 0 Å². The maximum Gasteiger partial charge on any atom is 0.187 e. The van der Waals surface area contributed by atoms with Gasteiger partial charge in [0.1, 0.15) is 0 Å². The fraction of sp³-hybridized carbons (Fsp3) is 0.0714. The molecule has 5 nitrogen and oxygen atoms in total. The highest BCUT2D eigenvalue weighted by Crippen LogP contribution is 2.27. The third-order valence-corrected chi connectivity index (χ3v) is 4.31. The topological polar surface area (TPSA) is 69.6 Å². The SMILES string of the molecule is Cc1ccc(-n2nnnc2-c2ccc(N)c(Cl)c2)cc1Br. The van der Waals surface area contributed by atoms with Crippen LogP contribution in [0.3, 0.4) is 0 Å². The van der Waals surface area contributed by atoms with Crippen molar-refractivity contribution in [2.75, 3.05) is 5.73 Å². The average molecular weight is 365 g/mol. The summed E-state index contributed by atoms with van der Waals surface area (Å²) in [5.41, 5.74) is 9.06. The third-order valence-electron chi connectivity index (χ3n) is 3.13. The Morgan fingerprint density at radius 1 is 1.19 bits per heavy atom. The maximum absolute atomic E-state index is 6.06. The number of nitrogens with two attached hydrogens (primary N) is 1. The zero-order valence-electron chi connectivity index (χ0n) is 11.1. The largest absolute Gasteiger partial charge is 0.398 e. The molecule has 2 aromatic carbocycles. The van der Waals surface area contributed by atoms with Crippen molar-refractivity contribution in [2.45, 2.75) is 6.92 Å². The Bertz CT molecular complexity index is 749. The number of hydrogen-bond donors (Lipinski definition) is 1. The van der Waals surface area contributed by atoms with E-state index in [1.54, 1.807) is 16.8 Å². The van der Waals surface area contributed by atoms with E-state index in [0.29, 0.717) is 16.5 Å². The first-order valence-corrected chi connectivity index (χ1v) is 7.33. The first-order chi connectivity index (χ1) is 10.1. The minimum Gasteiger partial charge on any atom is -0.398 e. The molecule has 1 aromatic heterocycles. The van der Waals surface area contributed by atoms with Crippen LogP contribution in [0.4, 0.5) is 5.69 Å². The van der Waals surface area contributed by atoms with Crippen molar-refractivity contribution in [3.05, 3.63) is 51.5 Å². The summed E-state index contributed by atoms with van der Waals surface area (Å²) in [7, 11) is 0. The van der Waals surface area contributed by atoms with Crippen LogP contribution in [-0.4, -0.2) is 20.2 Å². The van der Waals surface area contributed by atoms with E-state index >= 15 is 0 Å². The Kier molecular flexibility index (Phi) is 3.65. The number of anilines is 1. The van der Waals surface area contributed by atoms with Gasteiger partial charge < -0.3 is 5.73 Å². The molecule has 0 fully saturated rings. The van der Waals surface area contributed by atoms with Gasteiger partial charge in [-0.15, -0.1) is 5.10 Å². The van der Waals surface area contributed by atoms with Crippen molar-refractivity contribution in [3.63, 3.8) is 0 Å². The van der Waals surface area contributed by atoms with Crippen LogP contribution in [0, 0.1) is 6.92 Å².